The van der Waals surface area contributed by atoms with Gasteiger partial charge in [-0.1, -0.05) is 25.1 Å². The Morgan fingerprint density at radius 3 is 2.66 bits per heavy atom. The van der Waals surface area contributed by atoms with Crippen molar-refractivity contribution in [3.05, 3.63) is 41.3 Å². The molecule has 47 heavy (non-hydrogen) atoms. The Kier molecular flexibility index (Phi) is 7.35. The summed E-state index contributed by atoms with van der Waals surface area (Å²) in [6.07, 6.45) is 6.47. The fourth-order valence-corrected chi connectivity index (χ4v) is 8.99. The molecule has 1 amide bonds. The Morgan fingerprint density at radius 2 is 1.89 bits per heavy atom. The maximum Gasteiger partial charge on any atom is 0.410 e. The highest BCUT2D eigenvalue weighted by Gasteiger charge is 2.50. The van der Waals surface area contributed by atoms with Gasteiger partial charge in [-0.15, -0.1) is 0 Å². The summed E-state index contributed by atoms with van der Waals surface area (Å²) in [6.45, 7) is 10.4. The van der Waals surface area contributed by atoms with Crippen molar-refractivity contribution >= 4 is 22.8 Å². The molecule has 3 aromatic rings. The zero-order valence-electron chi connectivity index (χ0n) is 27.8. The molecule has 0 spiro atoms. The molecule has 1 aromatic carbocycles. The zero-order chi connectivity index (χ0) is 32.7. The molecule has 5 aliphatic rings. The molecule has 4 aliphatic heterocycles. The number of aromatic nitrogens is 3. The first kappa shape index (κ1) is 30.7. The van der Waals surface area contributed by atoms with Crippen molar-refractivity contribution in [2.24, 2.45) is 0 Å². The van der Waals surface area contributed by atoms with Gasteiger partial charge in [-0.25, -0.2) is 13.6 Å². The number of ether oxygens (including phenoxy) is 2. The predicted molar refractivity (Wildman–Crippen MR) is 175 cm³/mol. The quantitative estimate of drug-likeness (QED) is 0.314. The second-order valence-corrected chi connectivity index (χ2v) is 15.4. The molecule has 0 N–H and O–H groups in total. The summed E-state index contributed by atoms with van der Waals surface area (Å²) in [5.41, 5.74) is 2.67. The van der Waals surface area contributed by atoms with E-state index in [2.05, 4.69) is 27.8 Å². The van der Waals surface area contributed by atoms with Crippen LogP contribution in [0.1, 0.15) is 83.3 Å². The first-order valence-electron chi connectivity index (χ1n) is 17.3. The van der Waals surface area contributed by atoms with Crippen LogP contribution in [0.4, 0.5) is 19.4 Å². The normalized spacial score (nSPS) is 28.6. The van der Waals surface area contributed by atoms with Crippen LogP contribution >= 0.6 is 0 Å². The number of piperazine rings is 1. The number of hydrogen-bond donors (Lipinski definition) is 0. The summed E-state index contributed by atoms with van der Waals surface area (Å²) in [5, 5.41) is 0.509. The van der Waals surface area contributed by atoms with E-state index in [1.807, 2.05) is 37.8 Å². The highest BCUT2D eigenvalue weighted by atomic mass is 19.1. The van der Waals surface area contributed by atoms with Gasteiger partial charge in [-0.05, 0) is 82.9 Å². The first-order chi connectivity index (χ1) is 22.5. The molecule has 6 heterocycles. The summed E-state index contributed by atoms with van der Waals surface area (Å²) in [6, 6.07) is 6.01. The number of pyridine rings is 1. The monoisotopic (exact) mass is 646 g/mol. The van der Waals surface area contributed by atoms with Crippen LogP contribution in [0.15, 0.2) is 24.4 Å². The molecular formula is C36H44F2N6O3. The lowest BCUT2D eigenvalue weighted by atomic mass is 9.94. The van der Waals surface area contributed by atoms with E-state index in [-0.39, 0.29) is 42.0 Å². The van der Waals surface area contributed by atoms with Crippen LogP contribution in [0.25, 0.3) is 22.2 Å². The fourth-order valence-electron chi connectivity index (χ4n) is 8.99. The van der Waals surface area contributed by atoms with Gasteiger partial charge in [0.05, 0.1) is 23.0 Å². The Morgan fingerprint density at radius 1 is 1.11 bits per heavy atom. The van der Waals surface area contributed by atoms with Crippen molar-refractivity contribution in [1.29, 1.82) is 0 Å². The molecule has 5 atom stereocenters. The lowest BCUT2D eigenvalue weighted by molar-refractivity contribution is 0.0122. The van der Waals surface area contributed by atoms with E-state index in [9.17, 15) is 9.18 Å². The third kappa shape index (κ3) is 5.29. The minimum absolute atomic E-state index is 0.0608. The third-order valence-electron chi connectivity index (χ3n) is 11.1. The molecular weight excluding hydrogens is 602 g/mol. The van der Waals surface area contributed by atoms with Crippen molar-refractivity contribution < 1.29 is 23.0 Å². The number of halogens is 2. The number of alkyl halides is 1. The largest absolute Gasteiger partial charge is 0.461 e. The van der Waals surface area contributed by atoms with E-state index in [0.29, 0.717) is 43.2 Å². The molecule has 0 saturated carbocycles. The second-order valence-electron chi connectivity index (χ2n) is 15.4. The highest BCUT2D eigenvalue weighted by Crippen LogP contribution is 2.43. The number of carbonyl (C=O) groups is 1. The average molecular weight is 647 g/mol. The van der Waals surface area contributed by atoms with Crippen molar-refractivity contribution in [3.63, 3.8) is 0 Å². The topological polar surface area (TPSA) is 83.9 Å². The number of carbonyl (C=O) groups excluding carboxylic acids is 1. The molecule has 250 valence electrons. The molecule has 11 heteroatoms. The van der Waals surface area contributed by atoms with Gasteiger partial charge < -0.3 is 14.4 Å². The van der Waals surface area contributed by atoms with Crippen LogP contribution in [0, 0.1) is 5.82 Å². The molecule has 1 aliphatic carbocycles. The highest BCUT2D eigenvalue weighted by molar-refractivity contribution is 5.92. The second kappa shape index (κ2) is 11.2. The maximum absolute atomic E-state index is 16.8. The van der Waals surface area contributed by atoms with Gasteiger partial charge in [0.2, 0.25) is 0 Å². The predicted octanol–water partition coefficient (Wildman–Crippen LogP) is 6.42. The number of rotatable bonds is 5. The van der Waals surface area contributed by atoms with Crippen LogP contribution in [-0.2, 0) is 11.2 Å². The van der Waals surface area contributed by atoms with Crippen molar-refractivity contribution in [2.75, 3.05) is 37.7 Å². The lowest BCUT2D eigenvalue weighted by Crippen LogP contribution is -2.57. The summed E-state index contributed by atoms with van der Waals surface area (Å²) >= 11 is 0. The smallest absolute Gasteiger partial charge is 0.410 e. The van der Waals surface area contributed by atoms with Gasteiger partial charge in [0.15, 0.2) is 5.82 Å². The molecule has 3 unspecified atom stereocenters. The van der Waals surface area contributed by atoms with Gasteiger partial charge in [0.25, 0.3) is 0 Å². The summed E-state index contributed by atoms with van der Waals surface area (Å²) in [5.74, 6) is 0.365. The van der Waals surface area contributed by atoms with E-state index < -0.39 is 23.1 Å². The number of benzene rings is 1. The Balaban J connectivity index is 1.18. The van der Waals surface area contributed by atoms with Crippen LogP contribution in [0.5, 0.6) is 6.01 Å². The summed E-state index contributed by atoms with van der Waals surface area (Å²) in [7, 11) is 0. The van der Waals surface area contributed by atoms with Crippen molar-refractivity contribution in [1.82, 2.24) is 24.8 Å². The number of anilines is 1. The lowest BCUT2D eigenvalue weighted by Gasteiger charge is -2.42. The van der Waals surface area contributed by atoms with Crippen LogP contribution in [0.3, 0.4) is 0 Å². The maximum atomic E-state index is 16.8. The Hall–Kier alpha value is -3.60. The van der Waals surface area contributed by atoms with E-state index in [0.717, 1.165) is 56.2 Å². The van der Waals surface area contributed by atoms with E-state index in [1.165, 1.54) is 5.56 Å². The minimum atomic E-state index is -0.884. The zero-order valence-corrected chi connectivity index (χ0v) is 27.8. The molecule has 2 bridgehead atoms. The summed E-state index contributed by atoms with van der Waals surface area (Å²) < 4.78 is 43.4. The van der Waals surface area contributed by atoms with Crippen LogP contribution in [-0.4, -0.2) is 93.0 Å². The Bertz CT molecular complexity index is 1720. The third-order valence-corrected chi connectivity index (χ3v) is 11.1. The molecule has 8 rings (SSSR count). The van der Waals surface area contributed by atoms with Crippen molar-refractivity contribution in [3.8, 4) is 17.3 Å². The average Bonchev–Trinajstić information content (AvgIpc) is 3.75. The molecule has 4 fully saturated rings. The standard InChI is InChI=1S/C36H44F2N6O3/c1-21-9-10-22-7-5-8-26(28(21)22)30-29(38)31-27(16-39-30)32(41-33(40-31)46-20-36-13-6-14-43(36)17-23(37)15-36)42-18-24-11-12-25(19-42)44(24)34(45)47-35(2,3)4/h5,7-8,16,21,23-25H,6,9-15,17-20H2,1-4H3/t21?,23-,24?,25?,36+/m1/s1. The van der Waals surface area contributed by atoms with Gasteiger partial charge >= 0.3 is 12.1 Å². The van der Waals surface area contributed by atoms with E-state index >= 15 is 4.39 Å². The van der Waals surface area contributed by atoms with E-state index in [4.69, 9.17) is 19.4 Å². The van der Waals surface area contributed by atoms with E-state index in [1.54, 1.807) is 6.20 Å². The van der Waals surface area contributed by atoms with Gasteiger partial charge in [-0.3, -0.25) is 14.8 Å². The van der Waals surface area contributed by atoms with Crippen molar-refractivity contribution in [2.45, 2.75) is 108 Å². The number of hydrogen-bond acceptors (Lipinski definition) is 8. The number of fused-ring (bicyclic) bond motifs is 5. The SMILES string of the molecule is CC1CCc2cccc(-c3ncc4c(N5CC6CCC(C5)N6C(=O)OC(C)(C)C)nc(OC[C@@]56CCCN5C[C@H](F)C6)nc4c3F)c21. The molecule has 4 saturated heterocycles. The molecule has 9 nitrogen and oxygen atoms in total. The number of amides is 1. The number of nitrogens with zero attached hydrogens (tertiary/aromatic N) is 6. The Labute approximate surface area is 274 Å². The summed E-state index contributed by atoms with van der Waals surface area (Å²) in [4.78, 5) is 33.7. The number of aryl methyl sites for hydroxylation is 1. The van der Waals surface area contributed by atoms with Gasteiger partial charge in [0.1, 0.15) is 35.4 Å². The van der Waals surface area contributed by atoms with Crippen LogP contribution in [0.2, 0.25) is 0 Å². The fraction of sp³-hybridized carbons (Fsp3) is 0.611. The first-order valence-corrected chi connectivity index (χ1v) is 17.3. The molecule has 2 aromatic heterocycles. The van der Waals surface area contributed by atoms with Gasteiger partial charge in [-0.2, -0.15) is 9.97 Å². The van der Waals surface area contributed by atoms with Gasteiger partial charge in [0, 0.05) is 37.8 Å². The minimum Gasteiger partial charge on any atom is -0.461 e. The molecule has 0 radical (unpaired) electrons. The van der Waals surface area contributed by atoms with Crippen LogP contribution < -0.4 is 9.64 Å².